The van der Waals surface area contributed by atoms with Crippen LogP contribution < -0.4 is 10.9 Å². The van der Waals surface area contributed by atoms with Gasteiger partial charge in [-0.05, 0) is 60.4 Å². The van der Waals surface area contributed by atoms with Crippen molar-refractivity contribution in [3.8, 4) is 0 Å². The summed E-state index contributed by atoms with van der Waals surface area (Å²) in [4.78, 5) is 39.5. The van der Waals surface area contributed by atoms with Gasteiger partial charge in [0.1, 0.15) is 11.1 Å². The third kappa shape index (κ3) is 3.15. The van der Waals surface area contributed by atoms with E-state index in [2.05, 4.69) is 19.2 Å². The van der Waals surface area contributed by atoms with Crippen molar-refractivity contribution in [1.82, 2.24) is 10.2 Å². The molecular weight excluding hydrogens is 368 g/mol. The van der Waals surface area contributed by atoms with Crippen LogP contribution in [0.1, 0.15) is 69.1 Å². The van der Waals surface area contributed by atoms with Gasteiger partial charge in [-0.15, -0.1) is 0 Å². The molecule has 6 nitrogen and oxygen atoms in total. The Labute approximate surface area is 170 Å². The number of fused-ring (bicyclic) bond motifs is 1. The standard InChI is InChI=1S/C23H28N2O4/c1-13(2)17-11-18-16(10-20(26)29-19(18)9-14(17)3)12-25-21(27)23(24-22(25)28)8-6-5-7-15(23)4/h9-11,13,15H,5-8,12H2,1-4H3,(H,24,28)/t15-,23-/m0/s1. The van der Waals surface area contributed by atoms with E-state index in [0.29, 0.717) is 23.5 Å². The molecule has 1 saturated heterocycles. The fourth-order valence-corrected chi connectivity index (χ4v) is 4.95. The molecule has 6 heteroatoms. The highest BCUT2D eigenvalue weighted by molar-refractivity contribution is 6.07. The van der Waals surface area contributed by atoms with Crippen LogP contribution in [-0.4, -0.2) is 22.4 Å². The average Bonchev–Trinajstić information content (AvgIpc) is 2.88. The highest BCUT2D eigenvalue weighted by Crippen LogP contribution is 2.39. The number of nitrogens with one attached hydrogen (secondary N) is 1. The van der Waals surface area contributed by atoms with Crippen molar-refractivity contribution in [2.75, 3.05) is 0 Å². The summed E-state index contributed by atoms with van der Waals surface area (Å²) >= 11 is 0. The second-order valence-corrected chi connectivity index (χ2v) is 8.89. The summed E-state index contributed by atoms with van der Waals surface area (Å²) in [7, 11) is 0. The molecule has 2 heterocycles. The Morgan fingerprint density at radius 3 is 2.66 bits per heavy atom. The summed E-state index contributed by atoms with van der Waals surface area (Å²) in [5.74, 6) is 0.236. The van der Waals surface area contributed by atoms with Crippen molar-refractivity contribution < 1.29 is 14.0 Å². The van der Waals surface area contributed by atoms with Crippen molar-refractivity contribution in [2.45, 2.75) is 71.4 Å². The zero-order valence-electron chi connectivity index (χ0n) is 17.5. The minimum absolute atomic E-state index is 0.0713. The van der Waals surface area contributed by atoms with Crippen LogP contribution >= 0.6 is 0 Å². The van der Waals surface area contributed by atoms with E-state index in [4.69, 9.17) is 4.42 Å². The number of rotatable bonds is 3. The molecule has 1 aromatic heterocycles. The molecule has 154 valence electrons. The Morgan fingerprint density at radius 1 is 1.21 bits per heavy atom. The molecule has 4 rings (SSSR count). The van der Waals surface area contributed by atoms with Gasteiger partial charge in [-0.2, -0.15) is 0 Å². The molecule has 1 aliphatic heterocycles. The van der Waals surface area contributed by atoms with Crippen LogP contribution in [0.4, 0.5) is 4.79 Å². The molecule has 2 aliphatic rings. The highest BCUT2D eigenvalue weighted by atomic mass is 16.4. The van der Waals surface area contributed by atoms with Crippen molar-refractivity contribution in [3.05, 3.63) is 45.3 Å². The maximum Gasteiger partial charge on any atom is 0.336 e. The van der Waals surface area contributed by atoms with Gasteiger partial charge >= 0.3 is 11.7 Å². The molecule has 0 unspecified atom stereocenters. The molecule has 0 bridgehead atoms. The van der Waals surface area contributed by atoms with Gasteiger partial charge in [0.05, 0.1) is 6.54 Å². The normalized spacial score (nSPS) is 24.7. The molecule has 1 spiro atoms. The summed E-state index contributed by atoms with van der Waals surface area (Å²) < 4.78 is 5.40. The van der Waals surface area contributed by atoms with E-state index in [-0.39, 0.29) is 24.4 Å². The minimum Gasteiger partial charge on any atom is -0.423 e. The lowest BCUT2D eigenvalue weighted by Crippen LogP contribution is -2.53. The summed E-state index contributed by atoms with van der Waals surface area (Å²) in [6.45, 7) is 8.32. The highest BCUT2D eigenvalue weighted by Gasteiger charge is 2.54. The van der Waals surface area contributed by atoms with Gasteiger partial charge in [0.15, 0.2) is 0 Å². The first kappa shape index (κ1) is 19.7. The molecular formula is C23H28N2O4. The Bertz CT molecular complexity index is 1050. The van der Waals surface area contributed by atoms with E-state index in [1.807, 2.05) is 26.0 Å². The number of urea groups is 1. The maximum absolute atomic E-state index is 13.3. The molecule has 3 amide bonds. The molecule has 2 aromatic rings. The number of hydrogen-bond acceptors (Lipinski definition) is 4. The second kappa shape index (κ2) is 7.01. The number of benzene rings is 1. The van der Waals surface area contributed by atoms with E-state index < -0.39 is 11.2 Å². The van der Waals surface area contributed by atoms with E-state index in [1.165, 1.54) is 11.0 Å². The van der Waals surface area contributed by atoms with Crippen LogP contribution in [0.2, 0.25) is 0 Å². The van der Waals surface area contributed by atoms with Gasteiger partial charge in [0, 0.05) is 11.5 Å². The van der Waals surface area contributed by atoms with Crippen LogP contribution in [-0.2, 0) is 11.3 Å². The molecule has 1 aliphatic carbocycles. The number of amides is 3. The minimum atomic E-state index is -0.801. The molecule has 1 N–H and O–H groups in total. The maximum atomic E-state index is 13.3. The first-order valence-electron chi connectivity index (χ1n) is 10.4. The number of carbonyl (C=O) groups excluding carboxylic acids is 2. The van der Waals surface area contributed by atoms with Crippen LogP contribution in [0, 0.1) is 12.8 Å². The second-order valence-electron chi connectivity index (χ2n) is 8.89. The first-order chi connectivity index (χ1) is 13.7. The third-order valence-electron chi connectivity index (χ3n) is 6.67. The van der Waals surface area contributed by atoms with Crippen molar-refractivity contribution in [2.24, 2.45) is 5.92 Å². The molecule has 1 saturated carbocycles. The fourth-order valence-electron chi connectivity index (χ4n) is 4.95. The Kier molecular flexibility index (Phi) is 4.75. The molecule has 1 aromatic carbocycles. The Morgan fingerprint density at radius 2 is 1.97 bits per heavy atom. The van der Waals surface area contributed by atoms with Gasteiger partial charge in [-0.3, -0.25) is 9.69 Å². The lowest BCUT2D eigenvalue weighted by Gasteiger charge is -2.36. The SMILES string of the molecule is Cc1cc2oc(=O)cc(CN3C(=O)N[C@]4(CCCC[C@@H]4C)C3=O)c2cc1C(C)C. The quantitative estimate of drug-likeness (QED) is 0.622. The van der Waals surface area contributed by atoms with Crippen LogP contribution in [0.25, 0.3) is 11.0 Å². The van der Waals surface area contributed by atoms with Crippen LogP contribution in [0.3, 0.4) is 0 Å². The zero-order valence-corrected chi connectivity index (χ0v) is 17.5. The number of aryl methyl sites for hydroxylation is 1. The van der Waals surface area contributed by atoms with Crippen LogP contribution in [0.5, 0.6) is 0 Å². The number of nitrogens with zero attached hydrogens (tertiary/aromatic N) is 1. The van der Waals surface area contributed by atoms with Crippen molar-refractivity contribution >= 4 is 22.9 Å². The predicted molar refractivity (Wildman–Crippen MR) is 111 cm³/mol. The molecule has 2 atom stereocenters. The van der Waals surface area contributed by atoms with Gasteiger partial charge in [0.25, 0.3) is 5.91 Å². The van der Waals surface area contributed by atoms with Gasteiger partial charge in [0.2, 0.25) is 0 Å². The van der Waals surface area contributed by atoms with E-state index in [1.54, 1.807) is 0 Å². The first-order valence-corrected chi connectivity index (χ1v) is 10.4. The largest absolute Gasteiger partial charge is 0.423 e. The lowest BCUT2D eigenvalue weighted by molar-refractivity contribution is -0.134. The fraction of sp³-hybridized carbons (Fsp3) is 0.522. The Hall–Kier alpha value is -2.63. The van der Waals surface area contributed by atoms with Crippen LogP contribution in [0.15, 0.2) is 27.4 Å². The summed E-state index contributed by atoms with van der Waals surface area (Å²) in [5, 5.41) is 3.75. The van der Waals surface area contributed by atoms with Gasteiger partial charge < -0.3 is 9.73 Å². The molecule has 2 fully saturated rings. The predicted octanol–water partition coefficient (Wildman–Crippen LogP) is 4.23. The van der Waals surface area contributed by atoms with E-state index in [9.17, 15) is 14.4 Å². The molecule has 29 heavy (non-hydrogen) atoms. The number of hydrogen-bond donors (Lipinski definition) is 1. The summed E-state index contributed by atoms with van der Waals surface area (Å²) in [6, 6.07) is 4.91. The van der Waals surface area contributed by atoms with Gasteiger partial charge in [-0.1, -0.05) is 33.6 Å². The monoisotopic (exact) mass is 396 g/mol. The lowest BCUT2D eigenvalue weighted by atomic mass is 9.73. The zero-order chi connectivity index (χ0) is 20.9. The Balaban J connectivity index is 1.76. The number of carbonyl (C=O) groups is 2. The van der Waals surface area contributed by atoms with E-state index in [0.717, 1.165) is 35.8 Å². The number of imide groups is 1. The van der Waals surface area contributed by atoms with Crippen molar-refractivity contribution in [1.29, 1.82) is 0 Å². The average molecular weight is 396 g/mol. The summed E-state index contributed by atoms with van der Waals surface area (Å²) in [5.41, 5.74) is 2.06. The third-order valence-corrected chi connectivity index (χ3v) is 6.67. The topological polar surface area (TPSA) is 79.6 Å². The smallest absolute Gasteiger partial charge is 0.336 e. The summed E-state index contributed by atoms with van der Waals surface area (Å²) in [6.07, 6.45) is 3.60. The van der Waals surface area contributed by atoms with Crippen molar-refractivity contribution in [3.63, 3.8) is 0 Å². The van der Waals surface area contributed by atoms with E-state index >= 15 is 0 Å². The van der Waals surface area contributed by atoms with Gasteiger partial charge in [-0.25, -0.2) is 9.59 Å². The molecule has 0 radical (unpaired) electrons.